The number of aromatic nitrogens is 2. The van der Waals surface area contributed by atoms with Crippen LogP contribution in [0.15, 0.2) is 164 Å². The monoisotopic (exact) mass is 941 g/mol. The number of hydrogen-bond acceptors (Lipinski definition) is 4. The zero-order valence-corrected chi connectivity index (χ0v) is 39.8. The first-order valence-corrected chi connectivity index (χ1v) is 23.2. The molecule has 2 aromatic heterocycles. The first-order valence-electron chi connectivity index (χ1n) is 34.2. The third kappa shape index (κ3) is 7.94. The Morgan fingerprint density at radius 3 is 1.99 bits per heavy atom. The molecule has 0 radical (unpaired) electrons. The van der Waals surface area contributed by atoms with E-state index in [1.165, 1.54) is 18.3 Å². The first kappa shape index (κ1) is 26.8. The molecule has 0 saturated carbocycles. The minimum atomic E-state index is -4.51. The van der Waals surface area contributed by atoms with Gasteiger partial charge < -0.3 is 14.5 Å². The average Bonchev–Trinajstić information content (AvgIpc) is 0.742. The molecule has 0 spiro atoms. The second-order valence-corrected chi connectivity index (χ2v) is 20.3. The highest BCUT2D eigenvalue weighted by Gasteiger charge is 2.38. The van der Waals surface area contributed by atoms with E-state index in [9.17, 15) is 9.60 Å². The summed E-state index contributed by atoms with van der Waals surface area (Å²) < 4.78 is 208. The Hall–Kier alpha value is -7.11. The molecule has 0 amide bonds. The highest BCUT2D eigenvalue weighted by atomic mass is 16.5. The van der Waals surface area contributed by atoms with Gasteiger partial charge in [-0.2, -0.15) is 0 Å². The van der Waals surface area contributed by atoms with Gasteiger partial charge in [0.2, 0.25) is 0 Å². The maximum Gasteiger partial charge on any atom is 0.137 e. The summed E-state index contributed by atoms with van der Waals surface area (Å²) in [5, 5.41) is 1.76. The molecule has 0 saturated heterocycles. The van der Waals surface area contributed by atoms with Crippen LogP contribution in [0, 0.1) is 6.85 Å². The van der Waals surface area contributed by atoms with Crippen molar-refractivity contribution in [2.24, 2.45) is 0 Å². The maximum absolute atomic E-state index is 10.3. The normalized spacial score (nSPS) is 22.3. The fourth-order valence-electron chi connectivity index (χ4n) is 9.61. The van der Waals surface area contributed by atoms with Crippen LogP contribution in [0.5, 0.6) is 11.5 Å². The van der Waals surface area contributed by atoms with Gasteiger partial charge in [-0.05, 0) is 135 Å². The quantitative estimate of drug-likeness (QED) is 0.159. The summed E-state index contributed by atoms with van der Waals surface area (Å²) >= 11 is 0. The van der Waals surface area contributed by atoms with Crippen LogP contribution in [0.4, 0.5) is 22.7 Å². The SMILES string of the molecule is [2H]c1c([2H])c2c(c([2H])c1-c1cccc(-c3cc(C(C)(C)C)cc(C(C)(C)C)c3)c1N1CN(c3cccc(Oc4ccc5c6ccccc6n(-c6cc(C([2H])([2H])[2H])ccn6)c5c4)c3)c3ccccc31)C(C([2H])([2H])[2H])(C([2H])([2H])[2H])C([2H])([2H])C([2H])([2H])C2(C([2H])([2H])[2H])C([2H])([2H])[2H]. The van der Waals surface area contributed by atoms with Crippen LogP contribution in [0.2, 0.25) is 0 Å². The molecule has 11 rings (SSSR count). The van der Waals surface area contributed by atoms with E-state index in [1.54, 1.807) is 36.4 Å². The number of anilines is 4. The number of fused-ring (bicyclic) bond motifs is 5. The van der Waals surface area contributed by atoms with Gasteiger partial charge in [0.25, 0.3) is 0 Å². The molecule has 1 aliphatic heterocycles. The van der Waals surface area contributed by atoms with Crippen LogP contribution in [0.1, 0.15) is 140 Å². The Morgan fingerprint density at radius 2 is 1.26 bits per heavy atom. The van der Waals surface area contributed by atoms with Crippen molar-refractivity contribution < 1.29 is 34.9 Å². The average molecular weight is 941 g/mol. The summed E-state index contributed by atoms with van der Waals surface area (Å²) in [6, 6.07) is 37.9. The predicted octanol–water partition coefficient (Wildman–Crippen LogP) is 17.8. The number of pyridine rings is 1. The number of aryl methyl sites for hydroxylation is 1. The molecule has 0 bridgehead atoms. The molecule has 9 aromatic rings. The topological polar surface area (TPSA) is 33.5 Å². The van der Waals surface area contributed by atoms with Crippen molar-refractivity contribution in [2.75, 3.05) is 16.5 Å². The van der Waals surface area contributed by atoms with Gasteiger partial charge in [0.1, 0.15) is 24.0 Å². The van der Waals surface area contributed by atoms with Crippen molar-refractivity contribution >= 4 is 44.6 Å². The fraction of sp³-hybridized carbons (Fsp3) is 0.277. The van der Waals surface area contributed by atoms with Crippen LogP contribution in [-0.4, -0.2) is 16.2 Å². The van der Waals surface area contributed by atoms with E-state index in [1.807, 2.05) is 141 Å². The minimum Gasteiger partial charge on any atom is -0.457 e. The predicted molar refractivity (Wildman–Crippen MR) is 295 cm³/mol. The third-order valence-corrected chi connectivity index (χ3v) is 13.3. The molecule has 1 aliphatic carbocycles. The summed E-state index contributed by atoms with van der Waals surface area (Å²) in [4.78, 5) is 8.41. The number of benzene rings is 7. The molecule has 0 fully saturated rings. The highest BCUT2D eigenvalue weighted by Crippen LogP contribution is 2.53. The van der Waals surface area contributed by atoms with Gasteiger partial charge >= 0.3 is 0 Å². The molecule has 0 atom stereocenters. The summed E-state index contributed by atoms with van der Waals surface area (Å²) in [5.41, 5.74) is -6.99. The highest BCUT2D eigenvalue weighted by molar-refractivity contribution is 6.09. The molecule has 7 aromatic carbocycles. The van der Waals surface area contributed by atoms with E-state index in [4.69, 9.17) is 25.3 Å². The maximum atomic E-state index is 10.3. The van der Waals surface area contributed by atoms with Crippen molar-refractivity contribution in [2.45, 2.75) is 110 Å². The molecule has 0 unspecified atom stereocenters. The fourth-order valence-corrected chi connectivity index (χ4v) is 9.61. The van der Waals surface area contributed by atoms with Crippen molar-refractivity contribution in [3.63, 3.8) is 0 Å². The van der Waals surface area contributed by atoms with E-state index in [0.29, 0.717) is 51.0 Å². The number of ether oxygens (including phenoxy) is 1. The number of rotatable bonds is 7. The molecule has 5 nitrogen and oxygen atoms in total. The Bertz CT molecular complexity index is 4380. The molecule has 352 valence electrons. The Balaban J connectivity index is 1.16. The van der Waals surface area contributed by atoms with Crippen molar-refractivity contribution in [1.82, 2.24) is 9.55 Å². The lowest BCUT2D eigenvalue weighted by Crippen LogP contribution is -2.33. The molecule has 5 heteroatoms. The molecular formula is C65H66N4O. The van der Waals surface area contributed by atoms with E-state index in [-0.39, 0.29) is 23.5 Å². The van der Waals surface area contributed by atoms with E-state index >= 15 is 0 Å². The van der Waals surface area contributed by atoms with E-state index in [0.717, 1.165) is 27.4 Å². The van der Waals surface area contributed by atoms with E-state index < -0.39 is 103 Å². The second kappa shape index (κ2) is 16.5. The molecule has 2 aliphatic rings. The van der Waals surface area contributed by atoms with Crippen molar-refractivity contribution in [1.29, 1.82) is 0 Å². The number of hydrogen-bond donors (Lipinski definition) is 0. The largest absolute Gasteiger partial charge is 0.457 e. The van der Waals surface area contributed by atoms with Gasteiger partial charge in [-0.25, -0.2) is 4.98 Å². The molecule has 70 heavy (non-hydrogen) atoms. The van der Waals surface area contributed by atoms with Gasteiger partial charge in [0.05, 0.1) is 32.2 Å². The number of para-hydroxylation sites is 4. The molecule has 3 heterocycles. The minimum absolute atomic E-state index is 0.0654. The van der Waals surface area contributed by atoms with Gasteiger partial charge in [0, 0.05) is 72.0 Å². The smallest absolute Gasteiger partial charge is 0.137 e. The van der Waals surface area contributed by atoms with Gasteiger partial charge in [-0.1, -0.05) is 160 Å². The Kier molecular flexibility index (Phi) is 6.31. The number of nitrogens with zero attached hydrogens (tertiary/aromatic N) is 4. The van der Waals surface area contributed by atoms with Crippen LogP contribution in [0.25, 0.3) is 49.9 Å². The van der Waals surface area contributed by atoms with Gasteiger partial charge in [-0.3, -0.25) is 4.57 Å². The third-order valence-electron chi connectivity index (χ3n) is 13.3. The zero-order chi connectivity index (χ0) is 67.6. The second-order valence-electron chi connectivity index (χ2n) is 20.3. The Morgan fingerprint density at radius 1 is 0.600 bits per heavy atom. The van der Waals surface area contributed by atoms with Crippen LogP contribution >= 0.6 is 0 Å². The Labute approximate surface area is 446 Å². The zero-order valence-electron chi connectivity index (χ0n) is 61.8. The standard InChI is InChI=1S/C65H66N4O/c1-42-30-33-66-60(34-42)69-56-23-13-12-20-52(56)53-28-27-49(40-59(53)69)70-48-19-16-18-47(39-48)67-41-68(58-25-15-14-24-57(58)67)61-50(43-26-29-54-55(37-43)65(10,11)32-31-64(54,8)9)21-17-22-51(61)44-35-45(62(2,3)4)38-46(36-44)63(5,6)7/h12-30,33-40H,31-32,41H2,1-11H3/i1D3,8D3,9D3,10D3,11D3,26D,29D,31D2,32D2,37D. The van der Waals surface area contributed by atoms with Gasteiger partial charge in [-0.15, -0.1) is 0 Å². The summed E-state index contributed by atoms with van der Waals surface area (Å²) in [6.07, 6.45) is -7.54. The lowest BCUT2D eigenvalue weighted by atomic mass is 9.63. The lowest BCUT2D eigenvalue weighted by Gasteiger charge is -2.42. The van der Waals surface area contributed by atoms with E-state index in [2.05, 4.69) is 11.1 Å². The van der Waals surface area contributed by atoms with Crippen LogP contribution in [0.3, 0.4) is 0 Å². The first-order chi connectivity index (χ1) is 42.4. The molecular weight excluding hydrogens is 853 g/mol. The van der Waals surface area contributed by atoms with Crippen LogP contribution < -0.4 is 14.5 Å². The van der Waals surface area contributed by atoms with Crippen molar-refractivity contribution in [3.05, 3.63) is 192 Å². The van der Waals surface area contributed by atoms with Gasteiger partial charge in [0.15, 0.2) is 0 Å². The summed E-state index contributed by atoms with van der Waals surface area (Å²) in [6.45, 7) is -7.10. The summed E-state index contributed by atoms with van der Waals surface area (Å²) in [7, 11) is 0. The molecule has 0 N–H and O–H groups in total. The van der Waals surface area contributed by atoms with Crippen molar-refractivity contribution in [3.8, 4) is 39.6 Å². The summed E-state index contributed by atoms with van der Waals surface area (Å²) in [5.74, 6) is 1.22. The van der Waals surface area contributed by atoms with Crippen LogP contribution in [-0.2, 0) is 21.7 Å². The lowest BCUT2D eigenvalue weighted by molar-refractivity contribution is 0.332.